The molecule has 4 nitrogen and oxygen atoms in total. The fourth-order valence-electron chi connectivity index (χ4n) is 2.91. The number of nitrogens with one attached hydrogen (secondary N) is 1. The molecule has 98 valence electrons. The van der Waals surface area contributed by atoms with Crippen LogP contribution in [-0.2, 0) is 6.54 Å². The average Bonchev–Trinajstić information content (AvgIpc) is 2.89. The Labute approximate surface area is 112 Å². The van der Waals surface area contributed by atoms with Crippen molar-refractivity contribution < 1.29 is 9.90 Å². The summed E-state index contributed by atoms with van der Waals surface area (Å²) in [5.74, 6) is 0.476. The summed E-state index contributed by atoms with van der Waals surface area (Å²) in [5.41, 5.74) is 0.831. The normalized spacial score (nSPS) is 28.1. The molecule has 1 aliphatic heterocycles. The Morgan fingerprint density at radius 1 is 1.44 bits per heavy atom. The molecule has 18 heavy (non-hydrogen) atoms. The SMILES string of the molecule is Cl.O=C([O-])N(Cc1ccccc1)C12CNCC1C2. The molecule has 1 aromatic rings. The van der Waals surface area contributed by atoms with Crippen molar-refractivity contribution in [3.63, 3.8) is 0 Å². The van der Waals surface area contributed by atoms with Gasteiger partial charge in [-0.05, 0) is 17.9 Å². The molecule has 1 N–H and O–H groups in total. The quantitative estimate of drug-likeness (QED) is 0.873. The molecule has 1 aliphatic carbocycles. The number of nitrogens with zero attached hydrogens (tertiary/aromatic N) is 1. The van der Waals surface area contributed by atoms with E-state index in [1.807, 2.05) is 30.3 Å². The number of carboxylic acid groups (broad SMARTS) is 1. The van der Waals surface area contributed by atoms with Crippen LogP contribution in [0, 0.1) is 5.92 Å². The summed E-state index contributed by atoms with van der Waals surface area (Å²) in [7, 11) is 0. The van der Waals surface area contributed by atoms with Gasteiger partial charge < -0.3 is 20.1 Å². The summed E-state index contributed by atoms with van der Waals surface area (Å²) in [5, 5.41) is 14.6. The van der Waals surface area contributed by atoms with Crippen molar-refractivity contribution in [2.24, 2.45) is 5.92 Å². The monoisotopic (exact) mass is 267 g/mol. The maximum atomic E-state index is 11.3. The molecule has 1 saturated heterocycles. The smallest absolute Gasteiger partial charge is 0.137 e. The van der Waals surface area contributed by atoms with Gasteiger partial charge in [0.25, 0.3) is 0 Å². The molecular formula is C13H16ClN2O2-. The third kappa shape index (κ3) is 2.06. The second kappa shape index (κ2) is 4.78. The van der Waals surface area contributed by atoms with Gasteiger partial charge in [0.05, 0.1) is 5.54 Å². The van der Waals surface area contributed by atoms with Crippen LogP contribution in [0.3, 0.4) is 0 Å². The first kappa shape index (κ1) is 13.2. The largest absolute Gasteiger partial charge is 0.530 e. The number of hydrogen-bond donors (Lipinski definition) is 1. The molecule has 3 rings (SSSR count). The van der Waals surface area contributed by atoms with Gasteiger partial charge in [-0.25, -0.2) is 0 Å². The highest BCUT2D eigenvalue weighted by molar-refractivity contribution is 5.85. The van der Waals surface area contributed by atoms with Crippen molar-refractivity contribution in [1.29, 1.82) is 0 Å². The fraction of sp³-hybridized carbons (Fsp3) is 0.462. The maximum Gasteiger partial charge on any atom is 0.137 e. The lowest BCUT2D eigenvalue weighted by Crippen LogP contribution is -2.50. The number of piperidine rings is 1. The van der Waals surface area contributed by atoms with Gasteiger partial charge in [0.1, 0.15) is 6.09 Å². The summed E-state index contributed by atoms with van der Waals surface area (Å²) in [6.07, 6.45) is -0.0825. The number of amides is 1. The van der Waals surface area contributed by atoms with Gasteiger partial charge in [-0.3, -0.25) is 0 Å². The Morgan fingerprint density at radius 2 is 2.17 bits per heavy atom. The van der Waals surface area contributed by atoms with Gasteiger partial charge in [0.2, 0.25) is 0 Å². The molecule has 2 aliphatic rings. The minimum atomic E-state index is -1.06. The minimum Gasteiger partial charge on any atom is -0.530 e. The molecule has 2 unspecified atom stereocenters. The second-order valence-electron chi connectivity index (χ2n) is 4.97. The Bertz CT molecular complexity index is 440. The van der Waals surface area contributed by atoms with Gasteiger partial charge in [-0.15, -0.1) is 12.4 Å². The topological polar surface area (TPSA) is 55.4 Å². The molecule has 1 saturated carbocycles. The van der Waals surface area contributed by atoms with Crippen LogP contribution in [0.2, 0.25) is 0 Å². The van der Waals surface area contributed by atoms with Crippen LogP contribution in [-0.4, -0.2) is 29.6 Å². The van der Waals surface area contributed by atoms with E-state index in [1.54, 1.807) is 0 Å². The molecule has 0 radical (unpaired) electrons. The van der Waals surface area contributed by atoms with Crippen molar-refractivity contribution in [3.05, 3.63) is 35.9 Å². The highest BCUT2D eigenvalue weighted by atomic mass is 35.5. The van der Waals surface area contributed by atoms with Gasteiger partial charge in [-0.1, -0.05) is 30.3 Å². The molecule has 1 heterocycles. The first-order valence-electron chi connectivity index (χ1n) is 5.96. The number of carbonyl (C=O) groups excluding carboxylic acids is 1. The van der Waals surface area contributed by atoms with E-state index in [2.05, 4.69) is 5.32 Å². The lowest BCUT2D eigenvalue weighted by Gasteiger charge is -2.33. The van der Waals surface area contributed by atoms with Crippen LogP contribution in [0.15, 0.2) is 30.3 Å². The van der Waals surface area contributed by atoms with Crippen molar-refractivity contribution in [1.82, 2.24) is 10.2 Å². The van der Waals surface area contributed by atoms with Gasteiger partial charge in [0.15, 0.2) is 0 Å². The molecule has 1 amide bonds. The third-order valence-corrected chi connectivity index (χ3v) is 3.96. The zero-order valence-electron chi connectivity index (χ0n) is 9.96. The number of rotatable bonds is 3. The number of hydrogen-bond acceptors (Lipinski definition) is 3. The molecule has 0 spiro atoms. The highest BCUT2D eigenvalue weighted by Gasteiger charge is 2.60. The number of halogens is 1. The predicted octanol–water partition coefficient (Wildman–Crippen LogP) is 0.616. The lowest BCUT2D eigenvalue weighted by atomic mass is 10.1. The molecule has 2 fully saturated rings. The van der Waals surface area contributed by atoms with Crippen molar-refractivity contribution in [3.8, 4) is 0 Å². The van der Waals surface area contributed by atoms with Crippen molar-refractivity contribution in [2.75, 3.05) is 13.1 Å². The fourth-order valence-corrected chi connectivity index (χ4v) is 2.91. The number of fused-ring (bicyclic) bond motifs is 1. The third-order valence-electron chi connectivity index (χ3n) is 3.96. The van der Waals surface area contributed by atoms with Crippen LogP contribution in [0.25, 0.3) is 0 Å². The van der Waals surface area contributed by atoms with E-state index in [-0.39, 0.29) is 17.9 Å². The standard InChI is InChI=1S/C13H16N2O2.ClH/c16-12(17)15(8-10-4-2-1-3-5-10)13-6-11(13)7-14-9-13;/h1-5,11,14H,6-9H2,(H,16,17);1H/p-1. The zero-order chi connectivity index (χ0) is 11.9. The second-order valence-corrected chi connectivity index (χ2v) is 4.97. The number of benzene rings is 1. The van der Waals surface area contributed by atoms with E-state index < -0.39 is 6.09 Å². The summed E-state index contributed by atoms with van der Waals surface area (Å²) >= 11 is 0. The molecule has 5 heteroatoms. The van der Waals surface area contributed by atoms with E-state index in [9.17, 15) is 9.90 Å². The van der Waals surface area contributed by atoms with E-state index in [4.69, 9.17) is 0 Å². The first-order chi connectivity index (χ1) is 8.22. The van der Waals surface area contributed by atoms with Crippen molar-refractivity contribution >= 4 is 18.5 Å². The van der Waals surface area contributed by atoms with Crippen molar-refractivity contribution in [2.45, 2.75) is 18.5 Å². The summed E-state index contributed by atoms with van der Waals surface area (Å²) in [4.78, 5) is 12.8. The van der Waals surface area contributed by atoms with Crippen LogP contribution in [0.4, 0.5) is 4.79 Å². The van der Waals surface area contributed by atoms with E-state index in [0.717, 1.165) is 25.1 Å². The molecular weight excluding hydrogens is 252 g/mol. The molecule has 0 bridgehead atoms. The van der Waals surface area contributed by atoms with Crippen LogP contribution < -0.4 is 10.4 Å². The Hall–Kier alpha value is -1.26. The zero-order valence-corrected chi connectivity index (χ0v) is 10.8. The molecule has 0 aromatic heterocycles. The maximum absolute atomic E-state index is 11.3. The summed E-state index contributed by atoms with van der Waals surface area (Å²) < 4.78 is 0. The van der Waals surface area contributed by atoms with E-state index in [0.29, 0.717) is 12.5 Å². The number of carbonyl (C=O) groups is 1. The van der Waals surface area contributed by atoms with Gasteiger partial charge in [-0.2, -0.15) is 0 Å². The van der Waals surface area contributed by atoms with Crippen LogP contribution in [0.5, 0.6) is 0 Å². The predicted molar refractivity (Wildman–Crippen MR) is 68.3 cm³/mol. The van der Waals surface area contributed by atoms with Gasteiger partial charge >= 0.3 is 0 Å². The first-order valence-corrected chi connectivity index (χ1v) is 5.96. The molecule has 1 aromatic carbocycles. The minimum absolute atomic E-state index is 0. The van der Waals surface area contributed by atoms with Crippen LogP contribution in [0.1, 0.15) is 12.0 Å². The Kier molecular flexibility index (Phi) is 3.50. The average molecular weight is 268 g/mol. The van der Waals surface area contributed by atoms with E-state index >= 15 is 0 Å². The Morgan fingerprint density at radius 3 is 2.67 bits per heavy atom. The van der Waals surface area contributed by atoms with E-state index in [1.165, 1.54) is 4.90 Å². The lowest BCUT2D eigenvalue weighted by molar-refractivity contribution is -0.269. The van der Waals surface area contributed by atoms with Crippen LogP contribution >= 0.6 is 12.4 Å². The highest BCUT2D eigenvalue weighted by Crippen LogP contribution is 2.51. The Balaban J connectivity index is 0.00000120. The summed E-state index contributed by atoms with van der Waals surface area (Å²) in [6, 6.07) is 9.69. The van der Waals surface area contributed by atoms with Gasteiger partial charge in [0, 0.05) is 19.6 Å². The summed E-state index contributed by atoms with van der Waals surface area (Å²) in [6.45, 7) is 2.12. The molecule has 2 atom stereocenters.